The summed E-state index contributed by atoms with van der Waals surface area (Å²) in [6, 6.07) is 12.8. The fourth-order valence-electron chi connectivity index (χ4n) is 2.19. The highest BCUT2D eigenvalue weighted by Gasteiger charge is 2.11. The van der Waals surface area contributed by atoms with Gasteiger partial charge in [0, 0.05) is 17.3 Å². The Morgan fingerprint density at radius 2 is 1.88 bits per heavy atom. The second-order valence-corrected chi connectivity index (χ2v) is 6.55. The summed E-state index contributed by atoms with van der Waals surface area (Å²) in [7, 11) is 1.31. The molecule has 2 N–H and O–H groups in total. The number of carbonyl (C=O) groups is 1. The maximum atomic E-state index is 11.6. The average Bonchev–Trinajstić information content (AvgIpc) is 2.61. The van der Waals surface area contributed by atoms with E-state index in [1.165, 1.54) is 12.7 Å². The van der Waals surface area contributed by atoms with Crippen molar-refractivity contribution in [2.45, 2.75) is 12.8 Å². The summed E-state index contributed by atoms with van der Waals surface area (Å²) < 4.78 is 4.70. The van der Waals surface area contributed by atoms with Gasteiger partial charge in [-0.15, -0.1) is 0 Å². The number of thiocarbonyl (C=S) groups is 1. The minimum absolute atomic E-state index is 0.291. The standard InChI is InChI=1S/C18H18Cl2N2O2S/c1-24-17(23)15-11-14(8-9-16(15)20)22-18(25)21-10-2-3-12-4-6-13(19)7-5-12/h4-9,11H,2-3,10H2,1H3,(H2,21,22,25). The molecule has 0 heterocycles. The zero-order valence-electron chi connectivity index (χ0n) is 13.6. The molecule has 0 bridgehead atoms. The first-order valence-corrected chi connectivity index (χ1v) is 8.83. The van der Waals surface area contributed by atoms with E-state index < -0.39 is 5.97 Å². The Kier molecular flexibility index (Phi) is 7.50. The predicted octanol–water partition coefficient (Wildman–Crippen LogP) is 4.70. The molecule has 0 saturated heterocycles. The van der Waals surface area contributed by atoms with E-state index in [1.54, 1.807) is 18.2 Å². The van der Waals surface area contributed by atoms with E-state index in [9.17, 15) is 4.79 Å². The van der Waals surface area contributed by atoms with E-state index in [4.69, 9.17) is 40.2 Å². The monoisotopic (exact) mass is 396 g/mol. The molecule has 0 aliphatic rings. The second-order valence-electron chi connectivity index (χ2n) is 5.30. The molecule has 2 aromatic rings. The Bertz CT molecular complexity index is 751. The van der Waals surface area contributed by atoms with Crippen LogP contribution in [0, 0.1) is 0 Å². The minimum atomic E-state index is -0.490. The predicted molar refractivity (Wildman–Crippen MR) is 107 cm³/mol. The van der Waals surface area contributed by atoms with Crippen molar-refractivity contribution >= 4 is 52.2 Å². The van der Waals surface area contributed by atoms with Gasteiger partial charge in [-0.2, -0.15) is 0 Å². The van der Waals surface area contributed by atoms with Crippen LogP contribution in [0.2, 0.25) is 10.0 Å². The summed E-state index contributed by atoms with van der Waals surface area (Å²) in [6.45, 7) is 0.728. The van der Waals surface area contributed by atoms with Crippen molar-refractivity contribution in [1.82, 2.24) is 5.32 Å². The van der Waals surface area contributed by atoms with Crippen LogP contribution in [0.4, 0.5) is 5.69 Å². The topological polar surface area (TPSA) is 50.4 Å². The molecule has 132 valence electrons. The quantitative estimate of drug-likeness (QED) is 0.421. The van der Waals surface area contributed by atoms with Gasteiger partial charge in [0.1, 0.15) is 0 Å². The molecule has 0 radical (unpaired) electrons. The summed E-state index contributed by atoms with van der Waals surface area (Å²) in [5.41, 5.74) is 2.19. The Labute approximate surface area is 162 Å². The van der Waals surface area contributed by atoms with E-state index in [0.717, 1.165) is 24.4 Å². The Morgan fingerprint density at radius 1 is 1.16 bits per heavy atom. The summed E-state index contributed by atoms with van der Waals surface area (Å²) in [5.74, 6) is -0.490. The van der Waals surface area contributed by atoms with Crippen molar-refractivity contribution in [2.75, 3.05) is 19.0 Å². The molecular formula is C18H18Cl2N2O2S. The number of ether oxygens (including phenoxy) is 1. The molecule has 25 heavy (non-hydrogen) atoms. The first-order chi connectivity index (χ1) is 12.0. The lowest BCUT2D eigenvalue weighted by Crippen LogP contribution is -2.29. The van der Waals surface area contributed by atoms with E-state index in [1.807, 2.05) is 24.3 Å². The van der Waals surface area contributed by atoms with Crippen molar-refractivity contribution in [3.8, 4) is 0 Å². The van der Waals surface area contributed by atoms with Crippen molar-refractivity contribution in [2.24, 2.45) is 0 Å². The van der Waals surface area contributed by atoms with Crippen LogP contribution in [-0.4, -0.2) is 24.7 Å². The maximum Gasteiger partial charge on any atom is 0.339 e. The molecule has 0 aliphatic heterocycles. The second kappa shape index (κ2) is 9.61. The molecule has 0 saturated carbocycles. The molecule has 0 unspecified atom stereocenters. The van der Waals surface area contributed by atoms with Gasteiger partial charge in [0.2, 0.25) is 0 Å². The zero-order chi connectivity index (χ0) is 18.2. The number of anilines is 1. The number of benzene rings is 2. The first-order valence-electron chi connectivity index (χ1n) is 7.67. The van der Waals surface area contributed by atoms with Crippen LogP contribution < -0.4 is 10.6 Å². The normalized spacial score (nSPS) is 10.2. The van der Waals surface area contributed by atoms with Gasteiger partial charge in [-0.05, 0) is 61.0 Å². The average molecular weight is 397 g/mol. The molecule has 0 fully saturated rings. The number of methoxy groups -OCH3 is 1. The lowest BCUT2D eigenvalue weighted by atomic mass is 10.1. The molecule has 0 atom stereocenters. The molecule has 0 spiro atoms. The number of hydrogen-bond donors (Lipinski definition) is 2. The molecule has 7 heteroatoms. The third-order valence-corrected chi connectivity index (χ3v) is 4.30. The van der Waals surface area contributed by atoms with Gasteiger partial charge >= 0.3 is 5.97 Å². The van der Waals surface area contributed by atoms with Gasteiger partial charge in [0.05, 0.1) is 17.7 Å². The third kappa shape index (κ3) is 6.20. The van der Waals surface area contributed by atoms with Crippen molar-refractivity contribution in [3.63, 3.8) is 0 Å². The highest BCUT2D eigenvalue weighted by molar-refractivity contribution is 7.80. The van der Waals surface area contributed by atoms with Crippen LogP contribution in [-0.2, 0) is 11.2 Å². The number of carbonyl (C=O) groups excluding carboxylic acids is 1. The number of esters is 1. The highest BCUT2D eigenvalue weighted by atomic mass is 35.5. The summed E-state index contributed by atoms with van der Waals surface area (Å²) in [5, 5.41) is 7.72. The molecule has 4 nitrogen and oxygen atoms in total. The van der Waals surface area contributed by atoms with Gasteiger partial charge in [0.15, 0.2) is 5.11 Å². The third-order valence-electron chi connectivity index (χ3n) is 3.47. The minimum Gasteiger partial charge on any atom is -0.465 e. The van der Waals surface area contributed by atoms with Crippen molar-refractivity contribution < 1.29 is 9.53 Å². The Balaban J connectivity index is 1.80. The first kappa shape index (κ1) is 19.5. The lowest BCUT2D eigenvalue weighted by molar-refractivity contribution is 0.0601. The summed E-state index contributed by atoms with van der Waals surface area (Å²) >= 11 is 17.1. The molecular weight excluding hydrogens is 379 g/mol. The molecule has 0 aliphatic carbocycles. The number of rotatable bonds is 6. The summed E-state index contributed by atoms with van der Waals surface area (Å²) in [6.07, 6.45) is 1.86. The van der Waals surface area contributed by atoms with Crippen LogP contribution in [0.5, 0.6) is 0 Å². The van der Waals surface area contributed by atoms with Crippen LogP contribution in [0.25, 0.3) is 0 Å². The molecule has 2 aromatic carbocycles. The van der Waals surface area contributed by atoms with E-state index >= 15 is 0 Å². The molecule has 0 amide bonds. The van der Waals surface area contributed by atoms with E-state index in [0.29, 0.717) is 21.4 Å². The Morgan fingerprint density at radius 3 is 2.56 bits per heavy atom. The smallest absolute Gasteiger partial charge is 0.339 e. The Hall–Kier alpha value is -1.82. The summed E-state index contributed by atoms with van der Waals surface area (Å²) in [4.78, 5) is 11.6. The number of nitrogens with one attached hydrogen (secondary N) is 2. The fraction of sp³-hybridized carbons (Fsp3) is 0.222. The van der Waals surface area contributed by atoms with Gasteiger partial charge in [-0.1, -0.05) is 35.3 Å². The van der Waals surface area contributed by atoms with Crippen LogP contribution in [0.1, 0.15) is 22.3 Å². The van der Waals surface area contributed by atoms with Crippen molar-refractivity contribution in [3.05, 3.63) is 63.6 Å². The highest BCUT2D eigenvalue weighted by Crippen LogP contribution is 2.21. The SMILES string of the molecule is COC(=O)c1cc(NC(=S)NCCCc2ccc(Cl)cc2)ccc1Cl. The lowest BCUT2D eigenvalue weighted by Gasteiger charge is -2.12. The number of hydrogen-bond acceptors (Lipinski definition) is 3. The van der Waals surface area contributed by atoms with Gasteiger partial charge in [0.25, 0.3) is 0 Å². The van der Waals surface area contributed by atoms with E-state index in [2.05, 4.69) is 10.6 Å². The van der Waals surface area contributed by atoms with Gasteiger partial charge in [-0.25, -0.2) is 4.79 Å². The van der Waals surface area contributed by atoms with Crippen LogP contribution in [0.15, 0.2) is 42.5 Å². The van der Waals surface area contributed by atoms with Crippen LogP contribution >= 0.6 is 35.4 Å². The van der Waals surface area contributed by atoms with Gasteiger partial charge in [-0.3, -0.25) is 0 Å². The number of halogens is 2. The van der Waals surface area contributed by atoms with Crippen molar-refractivity contribution in [1.29, 1.82) is 0 Å². The van der Waals surface area contributed by atoms with Crippen LogP contribution in [0.3, 0.4) is 0 Å². The molecule has 2 rings (SSSR count). The van der Waals surface area contributed by atoms with Gasteiger partial charge < -0.3 is 15.4 Å². The van der Waals surface area contributed by atoms with E-state index in [-0.39, 0.29) is 0 Å². The molecule has 0 aromatic heterocycles. The maximum absolute atomic E-state index is 11.6. The fourth-order valence-corrected chi connectivity index (χ4v) is 2.73. The number of aryl methyl sites for hydroxylation is 1. The zero-order valence-corrected chi connectivity index (χ0v) is 16.0. The largest absolute Gasteiger partial charge is 0.465 e.